The van der Waals surface area contributed by atoms with Gasteiger partial charge in [-0.1, -0.05) is 6.92 Å². The summed E-state index contributed by atoms with van der Waals surface area (Å²) in [6.07, 6.45) is 2.83. The molecule has 0 radical (unpaired) electrons. The van der Waals surface area contributed by atoms with Crippen molar-refractivity contribution in [2.24, 2.45) is 11.8 Å². The molecule has 0 aromatic heterocycles. The number of rotatable bonds is 6. The Morgan fingerprint density at radius 2 is 1.80 bits per heavy atom. The third-order valence-corrected chi connectivity index (χ3v) is 5.48. The van der Waals surface area contributed by atoms with Gasteiger partial charge in [0.2, 0.25) is 0 Å². The summed E-state index contributed by atoms with van der Waals surface area (Å²) >= 11 is 0. The zero-order valence-corrected chi connectivity index (χ0v) is 14.5. The van der Waals surface area contributed by atoms with Crippen molar-refractivity contribution in [1.29, 1.82) is 0 Å². The topological polar surface area (TPSA) is 24.5 Å². The van der Waals surface area contributed by atoms with Crippen LogP contribution in [0.25, 0.3) is 0 Å². The molecule has 0 aromatic rings. The largest absolute Gasteiger partial charge is 0.368 e. The third kappa shape index (κ3) is 3.20. The van der Waals surface area contributed by atoms with Gasteiger partial charge in [0, 0.05) is 24.5 Å². The lowest BCUT2D eigenvalue weighted by atomic mass is 9.82. The van der Waals surface area contributed by atoms with Gasteiger partial charge in [0.15, 0.2) is 0 Å². The molecule has 3 heteroatoms. The van der Waals surface area contributed by atoms with Crippen molar-refractivity contribution in [2.45, 2.75) is 77.7 Å². The highest BCUT2D eigenvalue weighted by Gasteiger charge is 2.53. The van der Waals surface area contributed by atoms with Crippen molar-refractivity contribution in [3.63, 3.8) is 0 Å². The van der Waals surface area contributed by atoms with Crippen LogP contribution in [0.3, 0.4) is 0 Å². The molecule has 2 fully saturated rings. The predicted molar refractivity (Wildman–Crippen MR) is 85.0 cm³/mol. The molecule has 1 saturated heterocycles. The summed E-state index contributed by atoms with van der Waals surface area (Å²) in [6.45, 7) is 15.7. The molecular formula is C17H34N2O. The van der Waals surface area contributed by atoms with Crippen LogP contribution in [0, 0.1) is 11.8 Å². The first-order valence-corrected chi connectivity index (χ1v) is 8.33. The van der Waals surface area contributed by atoms with Crippen molar-refractivity contribution in [1.82, 2.24) is 10.2 Å². The SMILES string of the molecule is CCNC1C(CN(C)C(C)C2CC2)C(C)(C)OC1(C)C. The van der Waals surface area contributed by atoms with Crippen LogP contribution in [-0.2, 0) is 4.74 Å². The number of hydrogen-bond acceptors (Lipinski definition) is 3. The molecule has 0 spiro atoms. The molecule has 1 aliphatic heterocycles. The molecule has 20 heavy (non-hydrogen) atoms. The molecule has 3 unspecified atom stereocenters. The Balaban J connectivity index is 2.09. The van der Waals surface area contributed by atoms with Gasteiger partial charge < -0.3 is 15.0 Å². The molecule has 2 rings (SSSR count). The molecule has 118 valence electrons. The van der Waals surface area contributed by atoms with Crippen LogP contribution in [-0.4, -0.2) is 48.3 Å². The number of likely N-dealkylation sites (N-methyl/N-ethyl adjacent to an activating group) is 1. The highest BCUT2D eigenvalue weighted by molar-refractivity contribution is 5.06. The molecule has 3 nitrogen and oxygen atoms in total. The Hall–Kier alpha value is -0.120. The van der Waals surface area contributed by atoms with Crippen LogP contribution in [0.5, 0.6) is 0 Å². The lowest BCUT2D eigenvalue weighted by Crippen LogP contribution is -2.51. The van der Waals surface area contributed by atoms with Crippen LogP contribution < -0.4 is 5.32 Å². The monoisotopic (exact) mass is 282 g/mol. The molecule has 1 N–H and O–H groups in total. The maximum absolute atomic E-state index is 6.38. The first-order chi connectivity index (χ1) is 9.19. The maximum Gasteiger partial charge on any atom is 0.0790 e. The number of nitrogens with one attached hydrogen (secondary N) is 1. The van der Waals surface area contributed by atoms with E-state index < -0.39 is 0 Å². The second-order valence-electron chi connectivity index (χ2n) is 7.97. The Labute approximate surface area is 125 Å². The summed E-state index contributed by atoms with van der Waals surface area (Å²) in [5.41, 5.74) is -0.151. The molecule has 3 atom stereocenters. The quantitative estimate of drug-likeness (QED) is 0.811. The van der Waals surface area contributed by atoms with Crippen molar-refractivity contribution < 1.29 is 4.74 Å². The molecular weight excluding hydrogens is 248 g/mol. The van der Waals surface area contributed by atoms with E-state index in [0.29, 0.717) is 18.0 Å². The van der Waals surface area contributed by atoms with E-state index in [1.807, 2.05) is 0 Å². The summed E-state index contributed by atoms with van der Waals surface area (Å²) in [5, 5.41) is 3.68. The van der Waals surface area contributed by atoms with E-state index in [9.17, 15) is 0 Å². The standard InChI is InChI=1S/C17H34N2O/c1-8-18-15-14(16(3,4)20-17(15,5)6)11-19(7)12(2)13-9-10-13/h12-15,18H,8-11H2,1-7H3. The molecule has 0 bridgehead atoms. The first-order valence-electron chi connectivity index (χ1n) is 8.33. The second-order valence-corrected chi connectivity index (χ2v) is 7.97. The van der Waals surface area contributed by atoms with Crippen LogP contribution >= 0.6 is 0 Å². The van der Waals surface area contributed by atoms with E-state index in [0.717, 1.165) is 19.0 Å². The summed E-state index contributed by atoms with van der Waals surface area (Å²) in [7, 11) is 2.29. The van der Waals surface area contributed by atoms with Crippen LogP contribution in [0.4, 0.5) is 0 Å². The number of hydrogen-bond donors (Lipinski definition) is 1. The average molecular weight is 282 g/mol. The fourth-order valence-corrected chi connectivity index (χ4v) is 4.05. The van der Waals surface area contributed by atoms with Crippen LogP contribution in [0.1, 0.15) is 54.4 Å². The number of ether oxygens (including phenoxy) is 1. The van der Waals surface area contributed by atoms with E-state index >= 15 is 0 Å². The van der Waals surface area contributed by atoms with E-state index in [2.05, 4.69) is 58.8 Å². The lowest BCUT2D eigenvalue weighted by Gasteiger charge is -2.35. The minimum atomic E-state index is -0.0894. The van der Waals surface area contributed by atoms with E-state index in [1.54, 1.807) is 0 Å². The van der Waals surface area contributed by atoms with Crippen LogP contribution in [0.2, 0.25) is 0 Å². The fourth-order valence-electron chi connectivity index (χ4n) is 4.05. The minimum absolute atomic E-state index is 0.0616. The Bertz CT molecular complexity index is 336. The van der Waals surface area contributed by atoms with Gasteiger partial charge in [-0.25, -0.2) is 0 Å². The van der Waals surface area contributed by atoms with Crippen molar-refractivity contribution >= 4 is 0 Å². The predicted octanol–water partition coefficient (Wildman–Crippen LogP) is 2.90. The van der Waals surface area contributed by atoms with E-state index in [1.165, 1.54) is 12.8 Å². The van der Waals surface area contributed by atoms with Gasteiger partial charge in [-0.2, -0.15) is 0 Å². The van der Waals surface area contributed by atoms with Gasteiger partial charge in [-0.3, -0.25) is 0 Å². The Morgan fingerprint density at radius 1 is 1.20 bits per heavy atom. The molecule has 1 heterocycles. The van der Waals surface area contributed by atoms with Crippen molar-refractivity contribution in [3.8, 4) is 0 Å². The van der Waals surface area contributed by atoms with Gasteiger partial charge >= 0.3 is 0 Å². The summed E-state index contributed by atoms with van der Waals surface area (Å²) < 4.78 is 6.38. The molecule has 1 aliphatic carbocycles. The Kier molecular flexibility index (Phi) is 4.54. The van der Waals surface area contributed by atoms with Crippen molar-refractivity contribution in [2.75, 3.05) is 20.1 Å². The van der Waals surface area contributed by atoms with Gasteiger partial charge in [0.1, 0.15) is 0 Å². The average Bonchev–Trinajstić information content (AvgIpc) is 3.11. The smallest absolute Gasteiger partial charge is 0.0790 e. The van der Waals surface area contributed by atoms with Gasteiger partial charge in [-0.05, 0) is 67.0 Å². The molecule has 0 amide bonds. The zero-order chi connectivity index (χ0) is 15.1. The normalized spacial score (nSPS) is 33.6. The fraction of sp³-hybridized carbons (Fsp3) is 1.00. The third-order valence-electron chi connectivity index (χ3n) is 5.48. The molecule has 0 aromatic carbocycles. The van der Waals surface area contributed by atoms with Gasteiger partial charge in [0.05, 0.1) is 11.2 Å². The lowest BCUT2D eigenvalue weighted by molar-refractivity contribution is -0.0798. The maximum atomic E-state index is 6.38. The second kappa shape index (κ2) is 5.58. The summed E-state index contributed by atoms with van der Waals surface area (Å²) in [5.74, 6) is 1.46. The highest BCUT2D eigenvalue weighted by atomic mass is 16.5. The summed E-state index contributed by atoms with van der Waals surface area (Å²) in [6, 6.07) is 1.13. The van der Waals surface area contributed by atoms with Gasteiger partial charge in [0.25, 0.3) is 0 Å². The summed E-state index contributed by atoms with van der Waals surface area (Å²) in [4.78, 5) is 2.55. The molecule has 2 aliphatic rings. The highest BCUT2D eigenvalue weighted by Crippen LogP contribution is 2.43. The van der Waals surface area contributed by atoms with Crippen LogP contribution in [0.15, 0.2) is 0 Å². The van der Waals surface area contributed by atoms with Crippen molar-refractivity contribution in [3.05, 3.63) is 0 Å². The van der Waals surface area contributed by atoms with Gasteiger partial charge in [-0.15, -0.1) is 0 Å². The van der Waals surface area contributed by atoms with E-state index in [4.69, 9.17) is 4.74 Å². The Morgan fingerprint density at radius 3 is 2.30 bits per heavy atom. The zero-order valence-electron chi connectivity index (χ0n) is 14.5. The van der Waals surface area contributed by atoms with E-state index in [-0.39, 0.29) is 11.2 Å². The number of nitrogens with zero attached hydrogens (tertiary/aromatic N) is 1. The molecule has 1 saturated carbocycles. The first kappa shape index (κ1) is 16.3. The minimum Gasteiger partial charge on any atom is -0.368 e.